The predicted molar refractivity (Wildman–Crippen MR) is 118 cm³/mol. The lowest BCUT2D eigenvalue weighted by molar-refractivity contribution is -0.137. The first-order valence-corrected chi connectivity index (χ1v) is 12.6. The average Bonchev–Trinajstić information content (AvgIpc) is 2.71. The molecule has 3 rings (SSSR count). The molecule has 2 N–H and O–H groups in total. The molecule has 0 aliphatic heterocycles. The fourth-order valence-electron chi connectivity index (χ4n) is 2.65. The van der Waals surface area contributed by atoms with E-state index in [0.717, 1.165) is 18.3 Å². The molecule has 0 spiro atoms. The standard InChI is InChI=1S/C19H14Cl2F3N3O4S2/c1-11-7-17(18(9-16(11)21)27-33(30,31)13-3-2-6-25-10-13)26-32(28,29)12-4-5-15(20)14(8-12)19(22,23)24/h2-10,26-27H,1H3. The van der Waals surface area contributed by atoms with Crippen molar-refractivity contribution >= 4 is 54.6 Å². The Labute approximate surface area is 197 Å². The highest BCUT2D eigenvalue weighted by Gasteiger charge is 2.34. The van der Waals surface area contributed by atoms with E-state index in [1.54, 1.807) is 0 Å². The second-order valence-corrected chi connectivity index (χ2v) is 10.9. The number of aryl methyl sites for hydroxylation is 1. The van der Waals surface area contributed by atoms with Crippen molar-refractivity contribution in [1.29, 1.82) is 0 Å². The zero-order valence-corrected chi connectivity index (χ0v) is 19.6. The summed E-state index contributed by atoms with van der Waals surface area (Å²) >= 11 is 11.6. The van der Waals surface area contributed by atoms with E-state index in [9.17, 15) is 30.0 Å². The second kappa shape index (κ2) is 9.01. The van der Waals surface area contributed by atoms with Gasteiger partial charge in [-0.15, -0.1) is 0 Å². The maximum absolute atomic E-state index is 13.2. The van der Waals surface area contributed by atoms with E-state index >= 15 is 0 Å². The van der Waals surface area contributed by atoms with Gasteiger partial charge in [-0.05, 0) is 55.0 Å². The molecule has 14 heteroatoms. The van der Waals surface area contributed by atoms with Gasteiger partial charge in [0.25, 0.3) is 20.0 Å². The molecule has 0 aliphatic rings. The van der Waals surface area contributed by atoms with Crippen molar-refractivity contribution in [2.24, 2.45) is 0 Å². The Balaban J connectivity index is 2.05. The molecule has 3 aromatic rings. The fourth-order valence-corrected chi connectivity index (χ4v) is 5.17. The highest BCUT2D eigenvalue weighted by Crippen LogP contribution is 2.37. The van der Waals surface area contributed by atoms with Gasteiger partial charge in [0.1, 0.15) is 4.90 Å². The molecular weight excluding hydrogens is 526 g/mol. The van der Waals surface area contributed by atoms with Crippen molar-refractivity contribution < 1.29 is 30.0 Å². The van der Waals surface area contributed by atoms with Gasteiger partial charge < -0.3 is 0 Å². The molecule has 0 unspecified atom stereocenters. The van der Waals surface area contributed by atoms with E-state index in [2.05, 4.69) is 14.4 Å². The fraction of sp³-hybridized carbons (Fsp3) is 0.105. The summed E-state index contributed by atoms with van der Waals surface area (Å²) in [5.41, 5.74) is -1.46. The lowest BCUT2D eigenvalue weighted by atomic mass is 10.2. The normalized spacial score (nSPS) is 12.4. The van der Waals surface area contributed by atoms with Crippen LogP contribution in [0.4, 0.5) is 24.5 Å². The highest BCUT2D eigenvalue weighted by molar-refractivity contribution is 7.93. The zero-order valence-electron chi connectivity index (χ0n) is 16.5. The Hall–Kier alpha value is -2.54. The number of alkyl halides is 3. The van der Waals surface area contributed by atoms with E-state index in [-0.39, 0.29) is 21.3 Å². The Kier molecular flexibility index (Phi) is 6.85. The van der Waals surface area contributed by atoms with Gasteiger partial charge in [-0.2, -0.15) is 13.2 Å². The third-order valence-corrected chi connectivity index (χ3v) is 7.74. The van der Waals surface area contributed by atoms with Gasteiger partial charge in [0.2, 0.25) is 0 Å². The number of benzene rings is 2. The smallest absolute Gasteiger partial charge is 0.277 e. The molecular formula is C19H14Cl2F3N3O4S2. The molecule has 0 radical (unpaired) electrons. The molecule has 0 bridgehead atoms. The third kappa shape index (κ3) is 5.69. The van der Waals surface area contributed by atoms with Gasteiger partial charge in [-0.25, -0.2) is 16.8 Å². The number of hydrogen-bond donors (Lipinski definition) is 2. The first kappa shape index (κ1) is 25.1. The summed E-state index contributed by atoms with van der Waals surface area (Å²) in [6.45, 7) is 1.53. The zero-order chi connectivity index (χ0) is 24.6. The molecule has 0 atom stereocenters. The topological polar surface area (TPSA) is 105 Å². The first-order chi connectivity index (χ1) is 15.2. The number of hydrogen-bond acceptors (Lipinski definition) is 5. The van der Waals surface area contributed by atoms with E-state index in [0.29, 0.717) is 11.6 Å². The Morgan fingerprint density at radius 2 is 1.45 bits per heavy atom. The third-order valence-electron chi connectivity index (χ3n) is 4.29. The van der Waals surface area contributed by atoms with Gasteiger partial charge in [0, 0.05) is 17.4 Å². The van der Waals surface area contributed by atoms with Crippen LogP contribution in [0.3, 0.4) is 0 Å². The Bertz CT molecular complexity index is 1420. The molecule has 0 amide bonds. The van der Waals surface area contributed by atoms with E-state index in [4.69, 9.17) is 23.2 Å². The summed E-state index contributed by atoms with van der Waals surface area (Å²) in [5, 5.41) is -0.554. The lowest BCUT2D eigenvalue weighted by Crippen LogP contribution is -2.18. The highest BCUT2D eigenvalue weighted by atomic mass is 35.5. The minimum absolute atomic E-state index is 0.118. The molecule has 0 saturated heterocycles. The molecule has 7 nitrogen and oxygen atoms in total. The summed E-state index contributed by atoms with van der Waals surface area (Å²) in [7, 11) is -8.77. The average molecular weight is 540 g/mol. The molecule has 0 saturated carbocycles. The number of rotatable bonds is 6. The minimum Gasteiger partial charge on any atom is -0.277 e. The second-order valence-electron chi connectivity index (χ2n) is 6.69. The van der Waals surface area contributed by atoms with Crippen LogP contribution in [0.2, 0.25) is 10.0 Å². The van der Waals surface area contributed by atoms with Crippen molar-refractivity contribution in [3.63, 3.8) is 0 Å². The van der Waals surface area contributed by atoms with Crippen LogP contribution in [0, 0.1) is 6.92 Å². The van der Waals surface area contributed by atoms with Gasteiger partial charge in [0.15, 0.2) is 0 Å². The lowest BCUT2D eigenvalue weighted by Gasteiger charge is -2.17. The molecule has 33 heavy (non-hydrogen) atoms. The van der Waals surface area contributed by atoms with Gasteiger partial charge in [-0.1, -0.05) is 23.2 Å². The van der Waals surface area contributed by atoms with Crippen LogP contribution in [0.1, 0.15) is 11.1 Å². The summed E-state index contributed by atoms with van der Waals surface area (Å²) in [6, 6.07) is 7.14. The summed E-state index contributed by atoms with van der Waals surface area (Å²) < 4.78 is 94.8. The number of halogens is 5. The molecule has 0 fully saturated rings. The van der Waals surface area contributed by atoms with Crippen LogP contribution in [0.15, 0.2) is 64.6 Å². The summed E-state index contributed by atoms with van der Waals surface area (Å²) in [6.07, 6.45) is -2.44. The Morgan fingerprint density at radius 1 is 0.848 bits per heavy atom. The van der Waals surface area contributed by atoms with E-state index < -0.39 is 41.7 Å². The summed E-state index contributed by atoms with van der Waals surface area (Å²) in [5.74, 6) is 0. The van der Waals surface area contributed by atoms with Crippen molar-refractivity contribution in [2.45, 2.75) is 22.9 Å². The number of nitrogens with one attached hydrogen (secondary N) is 2. The number of aromatic nitrogens is 1. The van der Waals surface area contributed by atoms with Crippen LogP contribution in [0.25, 0.3) is 0 Å². The van der Waals surface area contributed by atoms with Crippen LogP contribution >= 0.6 is 23.2 Å². The van der Waals surface area contributed by atoms with Crippen molar-refractivity contribution in [3.05, 3.63) is 76.0 Å². The van der Waals surface area contributed by atoms with Crippen molar-refractivity contribution in [2.75, 3.05) is 9.44 Å². The van der Waals surface area contributed by atoms with Crippen LogP contribution in [0.5, 0.6) is 0 Å². The number of pyridine rings is 1. The van der Waals surface area contributed by atoms with Crippen LogP contribution < -0.4 is 9.44 Å². The number of sulfonamides is 2. The van der Waals surface area contributed by atoms with Gasteiger partial charge in [-0.3, -0.25) is 14.4 Å². The molecule has 1 heterocycles. The minimum atomic E-state index is -4.88. The maximum atomic E-state index is 13.2. The first-order valence-electron chi connectivity index (χ1n) is 8.83. The number of nitrogens with zero attached hydrogens (tertiary/aromatic N) is 1. The summed E-state index contributed by atoms with van der Waals surface area (Å²) in [4.78, 5) is 2.79. The SMILES string of the molecule is Cc1cc(NS(=O)(=O)c2ccc(Cl)c(C(F)(F)F)c2)c(NS(=O)(=O)c2cccnc2)cc1Cl. The monoisotopic (exact) mass is 539 g/mol. The van der Waals surface area contributed by atoms with Crippen molar-refractivity contribution in [1.82, 2.24) is 4.98 Å². The van der Waals surface area contributed by atoms with E-state index in [1.807, 2.05) is 0 Å². The van der Waals surface area contributed by atoms with Crippen LogP contribution in [-0.2, 0) is 26.2 Å². The molecule has 2 aromatic carbocycles. The van der Waals surface area contributed by atoms with Gasteiger partial charge in [0.05, 0.1) is 26.9 Å². The largest absolute Gasteiger partial charge is 0.417 e. The van der Waals surface area contributed by atoms with Crippen LogP contribution in [-0.4, -0.2) is 21.8 Å². The van der Waals surface area contributed by atoms with E-state index in [1.165, 1.54) is 37.4 Å². The molecule has 1 aromatic heterocycles. The Morgan fingerprint density at radius 3 is 2.03 bits per heavy atom. The van der Waals surface area contributed by atoms with Crippen molar-refractivity contribution in [3.8, 4) is 0 Å². The number of anilines is 2. The maximum Gasteiger partial charge on any atom is 0.417 e. The predicted octanol–water partition coefficient (Wildman–Crippen LogP) is 5.32. The molecule has 0 aliphatic carbocycles. The quantitative estimate of drug-likeness (QED) is 0.441. The molecule has 176 valence electrons. The van der Waals surface area contributed by atoms with Gasteiger partial charge >= 0.3 is 6.18 Å².